The molecule has 6 rings (SSSR count). The van der Waals surface area contributed by atoms with Crippen molar-refractivity contribution in [2.45, 2.75) is 221 Å². The van der Waals surface area contributed by atoms with Crippen LogP contribution in [0.5, 0.6) is 0 Å². The first-order chi connectivity index (χ1) is 25.0. The van der Waals surface area contributed by atoms with Crippen LogP contribution in [-0.4, -0.2) is 17.0 Å². The minimum Gasteiger partial charge on any atom is -0.343 e. The van der Waals surface area contributed by atoms with Crippen LogP contribution in [0.3, 0.4) is 0 Å². The molecule has 0 saturated heterocycles. The summed E-state index contributed by atoms with van der Waals surface area (Å²) in [4.78, 5) is 0. The fourth-order valence-electron chi connectivity index (χ4n) is 7.28. The fraction of sp³-hybridized carbons (Fsp3) is 0.700. The van der Waals surface area contributed by atoms with Gasteiger partial charge in [0.1, 0.15) is 0 Å². The first-order valence-electron chi connectivity index (χ1n) is 22.2. The monoisotopic (exact) mass is 973 g/mol. The van der Waals surface area contributed by atoms with Crippen molar-refractivity contribution in [1.29, 1.82) is 0 Å². The van der Waals surface area contributed by atoms with Crippen molar-refractivity contribution in [2.75, 3.05) is 0 Å². The second-order valence-corrected chi connectivity index (χ2v) is 17.3. The predicted octanol–water partition coefficient (Wildman–Crippen LogP) is 17.8. The molecule has 0 nitrogen and oxygen atoms in total. The van der Waals surface area contributed by atoms with Gasteiger partial charge < -0.3 is 20.3 Å². The first kappa shape index (κ1) is 59.8. The molecule has 3 heteroatoms. The van der Waals surface area contributed by atoms with Crippen LogP contribution < -0.4 is 0 Å². The van der Waals surface area contributed by atoms with Gasteiger partial charge in [0.15, 0.2) is 0 Å². The average molecular weight is 973 g/mol. The second-order valence-electron chi connectivity index (χ2n) is 14.3. The van der Waals surface area contributed by atoms with Crippen LogP contribution in [0.2, 0.25) is 0 Å². The van der Waals surface area contributed by atoms with Crippen molar-refractivity contribution in [3.05, 3.63) is 92.1 Å². The number of rotatable bonds is 6. The standard InChI is InChI=1S/C19H34P.2C7H8.C5H10.2C4H9.2C2H6.Fe.Pt/c1-2-16-10-9-15-19(16)20(17-11-5-3-6-12-17)18-13-7-4-8-14-18;2*1-7-5-3-2-4-6-7;1-2-4-5-3-1;2*1-3-4-2;2*1-2;;/h2,16-19H,3-15H2,1H3;2*2-6H,1H3;1-5H2;2*1,3-4H2,2H3;2*1-2H3;;/q-1;;;;2*-1;;;;. The fourth-order valence-corrected chi connectivity index (χ4v) is 12.1. The molecule has 0 radical (unpaired) electrons. The van der Waals surface area contributed by atoms with Gasteiger partial charge in [-0.2, -0.15) is 25.7 Å². The first-order valence-corrected chi connectivity index (χ1v) is 23.8. The minimum absolute atomic E-state index is 0. The van der Waals surface area contributed by atoms with Crippen LogP contribution in [0.1, 0.15) is 201 Å². The topological polar surface area (TPSA) is 0 Å². The average Bonchev–Trinajstić information content (AvgIpc) is 3.95. The van der Waals surface area contributed by atoms with Gasteiger partial charge in [0.05, 0.1) is 0 Å². The van der Waals surface area contributed by atoms with E-state index in [0.717, 1.165) is 35.7 Å². The summed E-state index contributed by atoms with van der Waals surface area (Å²) in [5.74, 6) is 0.991. The number of aryl methyl sites for hydroxylation is 2. The smallest absolute Gasteiger partial charge is 0 e. The van der Waals surface area contributed by atoms with Crippen LogP contribution in [0.4, 0.5) is 0 Å². The van der Waals surface area contributed by atoms with Gasteiger partial charge in [-0.05, 0) is 62.9 Å². The summed E-state index contributed by atoms with van der Waals surface area (Å²) < 4.78 is 0. The molecule has 0 N–H and O–H groups in total. The summed E-state index contributed by atoms with van der Waals surface area (Å²) in [7, 11) is 0.325. The molecule has 0 heterocycles. The molecule has 4 fully saturated rings. The summed E-state index contributed by atoms with van der Waals surface area (Å²) in [6.45, 7) is 26.0. The second kappa shape index (κ2) is 46.5. The molecule has 53 heavy (non-hydrogen) atoms. The van der Waals surface area contributed by atoms with Gasteiger partial charge in [-0.15, -0.1) is 0 Å². The summed E-state index contributed by atoms with van der Waals surface area (Å²) in [6, 6.07) is 20.5. The van der Waals surface area contributed by atoms with Gasteiger partial charge in [-0.1, -0.05) is 218 Å². The van der Waals surface area contributed by atoms with Gasteiger partial charge in [-0.3, -0.25) is 0 Å². The zero-order valence-corrected chi connectivity index (χ0v) is 41.0. The van der Waals surface area contributed by atoms with E-state index in [9.17, 15) is 0 Å². The molecule has 4 aliphatic rings. The maximum Gasteiger partial charge on any atom is 0 e. The maximum absolute atomic E-state index is 3.60. The van der Waals surface area contributed by atoms with E-state index in [1.165, 1.54) is 81.8 Å². The van der Waals surface area contributed by atoms with Crippen LogP contribution >= 0.6 is 7.92 Å². The Morgan fingerprint density at radius 1 is 0.528 bits per heavy atom. The molecule has 0 bridgehead atoms. The van der Waals surface area contributed by atoms with Gasteiger partial charge in [-0.25, -0.2) is 0 Å². The number of unbranched alkanes of at least 4 members (excludes halogenated alkanes) is 2. The van der Waals surface area contributed by atoms with Gasteiger partial charge in [0.25, 0.3) is 0 Å². The summed E-state index contributed by atoms with van der Waals surface area (Å²) in [6.07, 6.45) is 34.9. The summed E-state index contributed by atoms with van der Waals surface area (Å²) in [5, 5.41) is 0. The Kier molecular flexibility index (Phi) is 52.4. The van der Waals surface area contributed by atoms with Crippen LogP contribution in [0, 0.1) is 40.0 Å². The molecule has 2 aromatic carbocycles. The van der Waals surface area contributed by atoms with E-state index in [4.69, 9.17) is 0 Å². The van der Waals surface area contributed by atoms with Crippen LogP contribution in [0.15, 0.2) is 60.7 Å². The molecule has 0 spiro atoms. The van der Waals surface area contributed by atoms with E-state index in [-0.39, 0.29) is 38.1 Å². The zero-order valence-electron chi connectivity index (χ0n) is 36.7. The third kappa shape index (κ3) is 32.8. The molecule has 2 unspecified atom stereocenters. The molecule has 4 aliphatic carbocycles. The molecule has 316 valence electrons. The van der Waals surface area contributed by atoms with Gasteiger partial charge in [0, 0.05) is 38.1 Å². The summed E-state index contributed by atoms with van der Waals surface area (Å²) >= 11 is 0. The number of benzene rings is 2. The third-order valence-electron chi connectivity index (χ3n) is 10.2. The molecule has 0 aromatic heterocycles. The molecule has 0 amide bonds. The molecule has 2 atom stereocenters. The van der Waals surface area contributed by atoms with Crippen molar-refractivity contribution in [1.82, 2.24) is 0 Å². The van der Waals surface area contributed by atoms with Crippen molar-refractivity contribution < 1.29 is 38.1 Å². The Hall–Kier alpha value is 0.0778. The predicted molar refractivity (Wildman–Crippen MR) is 240 cm³/mol. The van der Waals surface area contributed by atoms with E-state index in [0.29, 0.717) is 7.92 Å². The Morgan fingerprint density at radius 3 is 1.08 bits per heavy atom. The van der Waals surface area contributed by atoms with Crippen molar-refractivity contribution in [3.63, 3.8) is 0 Å². The van der Waals surface area contributed by atoms with E-state index in [1.807, 2.05) is 64.1 Å². The number of hydrogen-bond acceptors (Lipinski definition) is 0. The molecular weight excluding hydrogens is 882 g/mol. The molecular formula is C50H90FePPt-3. The molecule has 0 aliphatic heterocycles. The maximum atomic E-state index is 3.60. The summed E-state index contributed by atoms with van der Waals surface area (Å²) in [5.41, 5.74) is 6.09. The van der Waals surface area contributed by atoms with E-state index in [1.54, 1.807) is 57.8 Å². The van der Waals surface area contributed by atoms with Gasteiger partial charge >= 0.3 is 0 Å². The molecule has 4 saturated carbocycles. The Bertz CT molecular complexity index is 819. The zero-order chi connectivity index (χ0) is 38.4. The quantitative estimate of drug-likeness (QED) is 0.154. The van der Waals surface area contributed by atoms with Crippen molar-refractivity contribution in [3.8, 4) is 0 Å². The normalized spacial score (nSPS) is 18.7. The number of hydrogen-bond donors (Lipinski definition) is 0. The largest absolute Gasteiger partial charge is 0.343 e. The molecule has 2 aromatic rings. The Labute approximate surface area is 362 Å². The Balaban J connectivity index is -0.000000303. The van der Waals surface area contributed by atoms with Crippen LogP contribution in [-0.2, 0) is 38.1 Å². The van der Waals surface area contributed by atoms with Gasteiger partial charge in [0.2, 0.25) is 0 Å². The van der Waals surface area contributed by atoms with Crippen LogP contribution in [0.25, 0.3) is 0 Å². The SMILES string of the molecule is C1CCCC1.CC.CC.C[CH-]C1CCCC1P(C1CCCCC1)C1CCCCC1.Cc1ccccc1.Cc1ccccc1.[CH2-]CCC.[CH2-]CCC.[Fe].[Pt]. The third-order valence-corrected chi connectivity index (χ3v) is 14.3. The van der Waals surface area contributed by atoms with Crippen molar-refractivity contribution >= 4 is 7.92 Å². The Morgan fingerprint density at radius 2 is 0.830 bits per heavy atom. The minimum atomic E-state index is 0. The van der Waals surface area contributed by atoms with E-state index in [2.05, 4.69) is 79.2 Å². The van der Waals surface area contributed by atoms with E-state index >= 15 is 0 Å². The van der Waals surface area contributed by atoms with Crippen molar-refractivity contribution in [2.24, 2.45) is 5.92 Å². The van der Waals surface area contributed by atoms with E-state index < -0.39 is 0 Å².